The summed E-state index contributed by atoms with van der Waals surface area (Å²) in [4.78, 5) is 12.7. The van der Waals surface area contributed by atoms with Crippen LogP contribution in [0.4, 0.5) is 0 Å². The van der Waals surface area contributed by atoms with E-state index >= 15 is 0 Å². The van der Waals surface area contributed by atoms with Crippen LogP contribution in [-0.4, -0.2) is 19.3 Å². The van der Waals surface area contributed by atoms with Crippen molar-refractivity contribution >= 4 is 11.0 Å². The fourth-order valence-electron chi connectivity index (χ4n) is 3.70. The Morgan fingerprint density at radius 1 is 0.879 bits per heavy atom. The van der Waals surface area contributed by atoms with Gasteiger partial charge in [-0.15, -0.1) is 0 Å². The van der Waals surface area contributed by atoms with Gasteiger partial charge in [0.25, 0.3) is 0 Å². The lowest BCUT2D eigenvalue weighted by Gasteiger charge is -2.17. The Kier molecular flexibility index (Phi) is 12.5. The third kappa shape index (κ3) is 9.15. The van der Waals surface area contributed by atoms with E-state index < -0.39 is 5.63 Å². The Bertz CT molecular complexity index is 897. The molecular formula is C28H42O5. The highest BCUT2D eigenvalue weighted by atomic mass is 16.5. The summed E-state index contributed by atoms with van der Waals surface area (Å²) in [6.07, 6.45) is 15.6. The maximum atomic E-state index is 12.7. The molecule has 0 fully saturated rings. The van der Waals surface area contributed by atoms with Crippen molar-refractivity contribution in [1.82, 2.24) is 0 Å². The van der Waals surface area contributed by atoms with Gasteiger partial charge in [0.1, 0.15) is 16.7 Å². The first-order valence-electron chi connectivity index (χ1n) is 12.8. The maximum Gasteiger partial charge on any atom is 0.383 e. The number of benzene rings is 1. The first kappa shape index (κ1) is 26.8. The molecule has 2 aromatic rings. The van der Waals surface area contributed by atoms with Crippen molar-refractivity contribution in [2.75, 3.05) is 13.2 Å². The first-order valence-corrected chi connectivity index (χ1v) is 12.8. The molecule has 0 radical (unpaired) electrons. The molecule has 33 heavy (non-hydrogen) atoms. The van der Waals surface area contributed by atoms with Crippen LogP contribution in [0.3, 0.4) is 0 Å². The Morgan fingerprint density at radius 3 is 2.30 bits per heavy atom. The number of allylic oxidation sites excluding steroid dienone is 1. The van der Waals surface area contributed by atoms with Crippen LogP contribution in [0.25, 0.3) is 11.0 Å². The number of hydrogen-bond acceptors (Lipinski definition) is 5. The molecule has 0 spiro atoms. The molecule has 184 valence electrons. The molecule has 1 aromatic heterocycles. The molecule has 5 heteroatoms. The van der Waals surface area contributed by atoms with Crippen LogP contribution in [0.1, 0.15) is 91.9 Å². The van der Waals surface area contributed by atoms with Gasteiger partial charge in [-0.05, 0) is 45.2 Å². The average molecular weight is 459 g/mol. The van der Waals surface area contributed by atoms with Gasteiger partial charge < -0.3 is 18.6 Å². The summed E-state index contributed by atoms with van der Waals surface area (Å²) in [7, 11) is 0. The van der Waals surface area contributed by atoms with Crippen LogP contribution >= 0.6 is 0 Å². The maximum absolute atomic E-state index is 12.7. The lowest BCUT2D eigenvalue weighted by Crippen LogP contribution is -2.16. The predicted molar refractivity (Wildman–Crippen MR) is 136 cm³/mol. The number of ether oxygens (including phenoxy) is 3. The van der Waals surface area contributed by atoms with E-state index in [0.717, 1.165) is 25.7 Å². The summed E-state index contributed by atoms with van der Waals surface area (Å²) in [6, 6.07) is 5.48. The van der Waals surface area contributed by atoms with E-state index in [0.29, 0.717) is 35.7 Å². The fraction of sp³-hybridized carbons (Fsp3) is 0.607. The topological polar surface area (TPSA) is 57.9 Å². The van der Waals surface area contributed by atoms with Crippen molar-refractivity contribution in [2.24, 2.45) is 0 Å². The molecule has 0 amide bonds. The number of unbranched alkanes of at least 4 members (excludes halogenated alkanes) is 7. The SMILES string of the molecule is CC/C=C/CCOc1cccc2oc(=O)c(OC(C)C)c(OCCCCCCCCCC)c12. The zero-order chi connectivity index (χ0) is 23.9. The normalized spacial score (nSPS) is 11.5. The minimum absolute atomic E-state index is 0.124. The van der Waals surface area contributed by atoms with Gasteiger partial charge in [0, 0.05) is 0 Å². The Labute approximate surface area is 199 Å². The third-order valence-corrected chi connectivity index (χ3v) is 5.35. The summed E-state index contributed by atoms with van der Waals surface area (Å²) >= 11 is 0. The van der Waals surface area contributed by atoms with Gasteiger partial charge in [0.2, 0.25) is 5.75 Å². The lowest BCUT2D eigenvalue weighted by molar-refractivity contribution is 0.210. The van der Waals surface area contributed by atoms with Crippen LogP contribution in [0.5, 0.6) is 17.2 Å². The fourth-order valence-corrected chi connectivity index (χ4v) is 3.70. The lowest BCUT2D eigenvalue weighted by atomic mass is 10.1. The average Bonchev–Trinajstić information content (AvgIpc) is 2.79. The van der Waals surface area contributed by atoms with E-state index in [1.54, 1.807) is 6.07 Å². The Morgan fingerprint density at radius 2 is 1.61 bits per heavy atom. The number of rotatable bonds is 17. The standard InChI is InChI=1S/C28H42O5/c1-5-7-9-11-12-13-14-16-21-31-26-25-23(30-20-15-10-8-6-2)18-17-19-24(25)33-28(29)27(26)32-22(3)4/h8,10,17-19,22H,5-7,9,11-16,20-21H2,1-4H3/b10-8+. The van der Waals surface area contributed by atoms with Crippen LogP contribution in [-0.2, 0) is 0 Å². The Hall–Kier alpha value is -2.43. The minimum atomic E-state index is -0.523. The minimum Gasteiger partial charge on any atom is -0.492 e. The molecule has 0 atom stereocenters. The second-order valence-electron chi connectivity index (χ2n) is 8.68. The van der Waals surface area contributed by atoms with E-state index in [4.69, 9.17) is 18.6 Å². The highest BCUT2D eigenvalue weighted by Crippen LogP contribution is 2.39. The molecule has 1 heterocycles. The van der Waals surface area contributed by atoms with Crippen molar-refractivity contribution in [1.29, 1.82) is 0 Å². The van der Waals surface area contributed by atoms with Gasteiger partial charge in [0.15, 0.2) is 5.75 Å². The van der Waals surface area contributed by atoms with Crippen LogP contribution < -0.4 is 19.8 Å². The third-order valence-electron chi connectivity index (χ3n) is 5.35. The summed E-state index contributed by atoms with van der Waals surface area (Å²) < 4.78 is 23.6. The van der Waals surface area contributed by atoms with E-state index in [2.05, 4.69) is 26.0 Å². The summed E-state index contributed by atoms with van der Waals surface area (Å²) in [5.41, 5.74) is -0.0752. The van der Waals surface area contributed by atoms with Crippen molar-refractivity contribution in [3.05, 3.63) is 40.8 Å². The molecule has 0 aliphatic rings. The van der Waals surface area contributed by atoms with E-state index in [1.807, 2.05) is 26.0 Å². The largest absolute Gasteiger partial charge is 0.492 e. The molecule has 0 bridgehead atoms. The second-order valence-corrected chi connectivity index (χ2v) is 8.68. The highest BCUT2D eigenvalue weighted by Gasteiger charge is 2.22. The molecule has 5 nitrogen and oxygen atoms in total. The Balaban J connectivity index is 2.15. The summed E-state index contributed by atoms with van der Waals surface area (Å²) in [5, 5.41) is 0.659. The van der Waals surface area contributed by atoms with E-state index in [9.17, 15) is 4.79 Å². The number of fused-ring (bicyclic) bond motifs is 1. The summed E-state index contributed by atoms with van der Waals surface area (Å²) in [5.74, 6) is 1.19. The molecule has 0 saturated carbocycles. The van der Waals surface area contributed by atoms with Gasteiger partial charge in [-0.25, -0.2) is 4.79 Å². The van der Waals surface area contributed by atoms with Crippen LogP contribution in [0, 0.1) is 0 Å². The molecule has 0 N–H and O–H groups in total. The molecular weight excluding hydrogens is 416 g/mol. The molecule has 0 aliphatic heterocycles. The van der Waals surface area contributed by atoms with Crippen molar-refractivity contribution < 1.29 is 18.6 Å². The van der Waals surface area contributed by atoms with Gasteiger partial charge in [0.05, 0.1) is 19.3 Å². The molecule has 0 saturated heterocycles. The molecule has 0 aliphatic carbocycles. The summed E-state index contributed by atoms with van der Waals surface area (Å²) in [6.45, 7) is 9.17. The van der Waals surface area contributed by atoms with Crippen molar-refractivity contribution in [2.45, 2.75) is 98.0 Å². The molecule has 0 unspecified atom stereocenters. The predicted octanol–water partition coefficient (Wildman–Crippen LogP) is 7.83. The van der Waals surface area contributed by atoms with E-state index in [-0.39, 0.29) is 11.9 Å². The first-order chi connectivity index (χ1) is 16.1. The molecule has 2 rings (SSSR count). The van der Waals surface area contributed by atoms with Crippen LogP contribution in [0.2, 0.25) is 0 Å². The van der Waals surface area contributed by atoms with Crippen molar-refractivity contribution in [3.63, 3.8) is 0 Å². The van der Waals surface area contributed by atoms with Crippen LogP contribution in [0.15, 0.2) is 39.6 Å². The number of hydrogen-bond donors (Lipinski definition) is 0. The van der Waals surface area contributed by atoms with Gasteiger partial charge in [-0.3, -0.25) is 0 Å². The van der Waals surface area contributed by atoms with Gasteiger partial charge in [-0.2, -0.15) is 0 Å². The second kappa shape index (κ2) is 15.4. The monoisotopic (exact) mass is 458 g/mol. The van der Waals surface area contributed by atoms with Gasteiger partial charge >= 0.3 is 5.63 Å². The smallest absolute Gasteiger partial charge is 0.383 e. The highest BCUT2D eigenvalue weighted by molar-refractivity contribution is 5.91. The van der Waals surface area contributed by atoms with Gasteiger partial charge in [-0.1, -0.05) is 77.0 Å². The zero-order valence-corrected chi connectivity index (χ0v) is 21.0. The quantitative estimate of drug-likeness (QED) is 0.137. The van der Waals surface area contributed by atoms with Crippen molar-refractivity contribution in [3.8, 4) is 17.2 Å². The molecule has 1 aromatic carbocycles. The van der Waals surface area contributed by atoms with E-state index in [1.165, 1.54) is 38.5 Å². The zero-order valence-electron chi connectivity index (χ0n) is 21.0.